The van der Waals surface area contributed by atoms with Crippen LogP contribution in [-0.2, 0) is 32.3 Å². The summed E-state index contributed by atoms with van der Waals surface area (Å²) in [5.74, 6) is -3.42. The van der Waals surface area contributed by atoms with Crippen LogP contribution in [0.25, 0.3) is 0 Å². The molecule has 17 heavy (non-hydrogen) atoms. The minimum absolute atomic E-state index is 1.62. The van der Waals surface area contributed by atoms with Crippen molar-refractivity contribution in [3.8, 4) is 0 Å². The molecule has 0 aromatic heterocycles. The van der Waals surface area contributed by atoms with Crippen LogP contribution in [0.15, 0.2) is 0 Å². The molecule has 0 saturated heterocycles. The number of carboxylic acid groups (broad SMARTS) is 2. The van der Waals surface area contributed by atoms with Crippen molar-refractivity contribution >= 4 is 81.5 Å². The van der Waals surface area contributed by atoms with Crippen molar-refractivity contribution in [3.63, 3.8) is 0 Å². The molecule has 0 saturated carbocycles. The first kappa shape index (κ1) is 22.9. The normalized spacial score (nSPS) is 9.76. The van der Waals surface area contributed by atoms with Crippen molar-refractivity contribution in [2.24, 2.45) is 0 Å². The summed E-state index contributed by atoms with van der Waals surface area (Å²) in [4.78, 5) is 19.0. The molecule has 0 aliphatic rings. The van der Waals surface area contributed by atoms with Crippen molar-refractivity contribution in [2.75, 3.05) is 0 Å². The van der Waals surface area contributed by atoms with E-state index < -0.39 is 34.6 Å². The van der Waals surface area contributed by atoms with Crippen molar-refractivity contribution < 1.29 is 42.5 Å². The van der Waals surface area contributed by atoms with E-state index in [4.69, 9.17) is 77.2 Å². The quantitative estimate of drug-likeness (QED) is 0.520. The molecule has 0 atom stereocenters. The summed E-state index contributed by atoms with van der Waals surface area (Å²) in [5.41, 5.74) is 0. The van der Waals surface area contributed by atoms with Gasteiger partial charge < -0.3 is 19.8 Å². The monoisotopic (exact) mass is 406 g/mol. The topological polar surface area (TPSA) is 114 Å². The molecule has 0 amide bonds. The van der Waals surface area contributed by atoms with Gasteiger partial charge in [-0.15, -0.1) is 0 Å². The Labute approximate surface area is 131 Å². The summed E-state index contributed by atoms with van der Waals surface area (Å²) in [6.07, 6.45) is 0. The third-order valence-corrected chi connectivity index (χ3v) is 1.39. The van der Waals surface area contributed by atoms with Gasteiger partial charge in [0.05, 0.1) is 11.9 Å². The van der Waals surface area contributed by atoms with Gasteiger partial charge in [0.15, 0.2) is 0 Å². The van der Waals surface area contributed by atoms with Gasteiger partial charge in [-0.25, -0.2) is 0 Å². The average molecular weight is 409 g/mol. The fourth-order valence-corrected chi connectivity index (χ4v) is 0. The van der Waals surface area contributed by atoms with E-state index in [1.165, 1.54) is 0 Å². The second-order valence-corrected chi connectivity index (χ2v) is 6.41. The molecule has 100 valence electrons. The van der Waals surface area contributed by atoms with Crippen LogP contribution in [-0.4, -0.2) is 19.5 Å². The van der Waals surface area contributed by atoms with Crippen LogP contribution in [0.1, 0.15) is 0 Å². The van der Waals surface area contributed by atoms with Crippen LogP contribution in [0.4, 0.5) is 0 Å². The van der Waals surface area contributed by atoms with Crippen LogP contribution in [0.2, 0.25) is 0 Å². The van der Waals surface area contributed by atoms with Gasteiger partial charge in [0, 0.05) is 0 Å². The van der Waals surface area contributed by atoms with Gasteiger partial charge in [-0.05, 0) is 0 Å². The van der Waals surface area contributed by atoms with E-state index in [1.807, 2.05) is 0 Å². The second kappa shape index (κ2) is 10.7. The summed E-state index contributed by atoms with van der Waals surface area (Å²) < 4.78 is 12.3. The van der Waals surface area contributed by atoms with Crippen LogP contribution in [0, 0.1) is 0 Å². The maximum atomic E-state index is 9.51. The molecule has 0 spiro atoms. The molecule has 0 aliphatic carbocycles. The molecule has 13 heteroatoms. The number of hydrogen-bond donors (Lipinski definition) is 0. The average Bonchev–Trinajstić information content (AvgIpc) is 2.02. The third-order valence-electron chi connectivity index (χ3n) is 0.463. The number of aliphatic carboxylic acids is 2. The molecular formula is C4Cl6CrO6. The zero-order valence-corrected chi connectivity index (χ0v) is 12.9. The number of hydrogen-bond acceptors (Lipinski definition) is 6. The van der Waals surface area contributed by atoms with Crippen molar-refractivity contribution in [1.82, 2.24) is 0 Å². The second-order valence-electron chi connectivity index (χ2n) is 1.64. The Morgan fingerprint density at radius 2 is 0.824 bits per heavy atom. The van der Waals surface area contributed by atoms with E-state index in [0.717, 1.165) is 0 Å². The molecule has 0 aromatic rings. The Bertz CT molecular complexity index is 264. The van der Waals surface area contributed by atoms with E-state index in [1.54, 1.807) is 0 Å². The number of carbonyl (C=O) groups excluding carboxylic acids is 2. The number of alkyl halides is 6. The zero-order chi connectivity index (χ0) is 14.9. The van der Waals surface area contributed by atoms with Gasteiger partial charge >= 0.3 is 22.7 Å². The van der Waals surface area contributed by atoms with Gasteiger partial charge in [0.2, 0.25) is 7.59 Å². The van der Waals surface area contributed by atoms with Crippen LogP contribution >= 0.6 is 69.6 Å². The van der Waals surface area contributed by atoms with E-state index in [9.17, 15) is 19.8 Å². The van der Waals surface area contributed by atoms with Gasteiger partial charge in [0.1, 0.15) is 0 Å². The molecule has 0 radical (unpaired) electrons. The summed E-state index contributed by atoms with van der Waals surface area (Å²) in [6, 6.07) is 0. The Hall–Kier alpha value is 0.812. The van der Waals surface area contributed by atoms with Gasteiger partial charge in [-0.3, -0.25) is 0 Å². The molecule has 0 rings (SSSR count). The third kappa shape index (κ3) is 22.5. The van der Waals surface area contributed by atoms with E-state index in [0.29, 0.717) is 0 Å². The minimum atomic E-state index is -2.28. The van der Waals surface area contributed by atoms with Crippen molar-refractivity contribution in [1.29, 1.82) is 0 Å². The fourth-order valence-electron chi connectivity index (χ4n) is 0. The summed E-state index contributed by atoms with van der Waals surface area (Å²) in [6.45, 7) is 0. The molecule has 0 unspecified atom stereocenters. The summed E-state index contributed by atoms with van der Waals surface area (Å²) >= 11 is 26.8. The van der Waals surface area contributed by atoms with Crippen LogP contribution < -0.4 is 10.2 Å². The molecule has 0 fully saturated rings. The van der Waals surface area contributed by atoms with Gasteiger partial charge in [-0.2, -0.15) is 0 Å². The molecular weight excluding hydrogens is 409 g/mol. The molecule has 6 nitrogen and oxygen atoms in total. The molecule has 0 N–H and O–H groups in total. The van der Waals surface area contributed by atoms with Gasteiger partial charge in [-0.1, -0.05) is 69.6 Å². The molecule has 0 bridgehead atoms. The van der Waals surface area contributed by atoms with E-state index >= 15 is 0 Å². The Kier molecular flexibility index (Phi) is 14.5. The van der Waals surface area contributed by atoms with Crippen LogP contribution in [0.5, 0.6) is 0 Å². The predicted molar refractivity (Wildman–Crippen MR) is 52.0 cm³/mol. The number of rotatable bonds is 0. The number of carbonyl (C=O) groups is 2. The van der Waals surface area contributed by atoms with E-state index in [2.05, 4.69) is 0 Å². The predicted octanol–water partition coefficient (Wildman–Crippen LogP) is -0.0271. The number of carboxylic acids is 2. The standard InChI is InChI=1S/2C2HCl3O2.Cr.2O/c2*3-2(4,5)1(6)7;;;/h2*(H,6,7);;;/q;;+2;;/p-2. The van der Waals surface area contributed by atoms with Gasteiger partial charge in [0.25, 0.3) is 0 Å². The Morgan fingerprint density at radius 3 is 0.824 bits per heavy atom. The van der Waals surface area contributed by atoms with Crippen LogP contribution in [0.3, 0.4) is 0 Å². The molecule has 0 aliphatic heterocycles. The number of halogens is 6. The first-order valence-corrected chi connectivity index (χ1v) is 6.09. The SMILES string of the molecule is O=C([O-])C(Cl)(Cl)Cl.O=C([O-])C(Cl)(Cl)Cl.[O]=[Cr+2]=[O]. The fraction of sp³-hybridized carbons (Fsp3) is 0.500. The first-order valence-electron chi connectivity index (χ1n) is 2.78. The first-order chi connectivity index (χ1) is 7.30. The van der Waals surface area contributed by atoms with Crippen molar-refractivity contribution in [3.05, 3.63) is 0 Å². The zero-order valence-electron chi connectivity index (χ0n) is 7.13. The summed E-state index contributed by atoms with van der Waals surface area (Å²) in [5, 5.41) is 19.0. The Balaban J connectivity index is -0.000000188. The molecule has 0 aromatic carbocycles. The maximum absolute atomic E-state index is 9.51. The molecule has 0 heterocycles. The van der Waals surface area contributed by atoms with E-state index in [-0.39, 0.29) is 0 Å². The Morgan fingerprint density at radius 1 is 0.765 bits per heavy atom. The summed E-state index contributed by atoms with van der Waals surface area (Å²) in [7, 11) is 0. The van der Waals surface area contributed by atoms with Crippen molar-refractivity contribution in [2.45, 2.75) is 7.59 Å².